The molecule has 100 valence electrons. The molecule has 0 aromatic heterocycles. The van der Waals surface area contributed by atoms with Crippen molar-refractivity contribution in [3.05, 3.63) is 71.8 Å². The van der Waals surface area contributed by atoms with E-state index in [0.717, 1.165) is 11.1 Å². The Bertz CT molecular complexity index is 498. The van der Waals surface area contributed by atoms with Gasteiger partial charge < -0.3 is 9.05 Å². The SMILES string of the molecule is N=P(N)(OCc1ccccc1)OCc1ccccc1. The van der Waals surface area contributed by atoms with Gasteiger partial charge in [0.25, 0.3) is 7.66 Å². The highest BCUT2D eigenvalue weighted by Crippen LogP contribution is 2.41. The van der Waals surface area contributed by atoms with Crippen molar-refractivity contribution in [2.75, 3.05) is 0 Å². The van der Waals surface area contributed by atoms with Gasteiger partial charge in [-0.05, 0) is 11.1 Å². The summed E-state index contributed by atoms with van der Waals surface area (Å²) < 4.78 is 10.7. The molecule has 0 aliphatic rings. The minimum Gasteiger partial charge on any atom is -0.308 e. The highest BCUT2D eigenvalue weighted by atomic mass is 31.2. The second kappa shape index (κ2) is 6.64. The zero-order valence-electron chi connectivity index (χ0n) is 10.5. The third kappa shape index (κ3) is 4.97. The molecular formula is C14H17N2O2P. The van der Waals surface area contributed by atoms with Crippen molar-refractivity contribution in [1.82, 2.24) is 0 Å². The summed E-state index contributed by atoms with van der Waals surface area (Å²) in [5.41, 5.74) is 7.70. The smallest absolute Gasteiger partial charge is 0.282 e. The standard InChI is InChI=1S/C14H17N2O2P/c15-19(16,17-11-13-7-3-1-4-8-13)18-12-14-9-5-2-6-10-14/h1-10H,11-12H2,(H3,15,16). The lowest BCUT2D eigenvalue weighted by Crippen LogP contribution is -2.04. The summed E-state index contributed by atoms with van der Waals surface area (Å²) in [6.07, 6.45) is 0. The van der Waals surface area contributed by atoms with Crippen molar-refractivity contribution in [3.63, 3.8) is 0 Å². The third-order valence-electron chi connectivity index (χ3n) is 2.53. The van der Waals surface area contributed by atoms with Crippen molar-refractivity contribution in [2.45, 2.75) is 13.2 Å². The van der Waals surface area contributed by atoms with E-state index in [9.17, 15) is 0 Å². The normalized spacial score (nSPS) is 11.4. The lowest BCUT2D eigenvalue weighted by Gasteiger charge is -2.17. The number of nitrogens with one attached hydrogen (secondary N) is 1. The molecule has 5 heteroatoms. The molecule has 0 amide bonds. The van der Waals surface area contributed by atoms with Gasteiger partial charge in [-0.1, -0.05) is 60.7 Å². The van der Waals surface area contributed by atoms with E-state index in [1.54, 1.807) is 0 Å². The summed E-state index contributed by atoms with van der Waals surface area (Å²) in [6.45, 7) is 0.590. The number of rotatable bonds is 6. The summed E-state index contributed by atoms with van der Waals surface area (Å²) >= 11 is 0. The van der Waals surface area contributed by atoms with E-state index >= 15 is 0 Å². The van der Waals surface area contributed by atoms with Crippen LogP contribution in [-0.4, -0.2) is 0 Å². The molecule has 0 fully saturated rings. The quantitative estimate of drug-likeness (QED) is 0.786. The molecule has 19 heavy (non-hydrogen) atoms. The molecule has 0 atom stereocenters. The highest BCUT2D eigenvalue weighted by Gasteiger charge is 2.13. The minimum atomic E-state index is -3.02. The van der Waals surface area contributed by atoms with Crippen LogP contribution in [0, 0.1) is 5.16 Å². The summed E-state index contributed by atoms with van der Waals surface area (Å²) in [6, 6.07) is 19.3. The fourth-order valence-electron chi connectivity index (χ4n) is 1.53. The van der Waals surface area contributed by atoms with Gasteiger partial charge in [0.05, 0.1) is 13.2 Å². The van der Waals surface area contributed by atoms with Gasteiger partial charge in [-0.25, -0.2) is 0 Å². The predicted molar refractivity (Wildman–Crippen MR) is 76.3 cm³/mol. The van der Waals surface area contributed by atoms with Crippen LogP contribution in [0.25, 0.3) is 0 Å². The van der Waals surface area contributed by atoms with Crippen LogP contribution in [0.1, 0.15) is 11.1 Å². The fraction of sp³-hybridized carbons (Fsp3) is 0.143. The maximum Gasteiger partial charge on any atom is 0.282 e. The minimum absolute atomic E-state index is 0.295. The van der Waals surface area contributed by atoms with Gasteiger partial charge in [-0.15, -0.1) is 0 Å². The maximum absolute atomic E-state index is 7.87. The zero-order valence-corrected chi connectivity index (χ0v) is 11.4. The van der Waals surface area contributed by atoms with E-state index in [1.165, 1.54) is 0 Å². The van der Waals surface area contributed by atoms with Crippen LogP contribution in [0.4, 0.5) is 0 Å². The Hall–Kier alpha value is -1.45. The summed E-state index contributed by atoms with van der Waals surface area (Å²) in [7, 11) is -3.02. The molecule has 2 aromatic rings. The average molecular weight is 276 g/mol. The van der Waals surface area contributed by atoms with E-state index in [2.05, 4.69) is 0 Å². The van der Waals surface area contributed by atoms with E-state index in [4.69, 9.17) is 19.7 Å². The second-order valence-corrected chi connectivity index (χ2v) is 5.83. The molecule has 0 bridgehead atoms. The molecule has 2 rings (SSSR count). The molecular weight excluding hydrogens is 259 g/mol. The molecule has 0 aliphatic carbocycles. The van der Waals surface area contributed by atoms with Crippen molar-refractivity contribution in [1.29, 1.82) is 5.16 Å². The van der Waals surface area contributed by atoms with Gasteiger partial charge in [0.15, 0.2) is 0 Å². The Morgan fingerprint density at radius 3 is 1.53 bits per heavy atom. The number of nitrogens with two attached hydrogens (primary N) is 1. The largest absolute Gasteiger partial charge is 0.308 e. The van der Waals surface area contributed by atoms with Gasteiger partial charge in [0, 0.05) is 0 Å². The van der Waals surface area contributed by atoms with Crippen LogP contribution in [0.3, 0.4) is 0 Å². The summed E-state index contributed by atoms with van der Waals surface area (Å²) in [5.74, 6) is 0. The first-order chi connectivity index (χ1) is 9.16. The van der Waals surface area contributed by atoms with Gasteiger partial charge in [0.1, 0.15) is 0 Å². The van der Waals surface area contributed by atoms with Gasteiger partial charge >= 0.3 is 0 Å². The summed E-state index contributed by atoms with van der Waals surface area (Å²) in [5, 5.41) is 7.87. The lowest BCUT2D eigenvalue weighted by molar-refractivity contribution is 0.223. The van der Waals surface area contributed by atoms with Crippen LogP contribution < -0.4 is 5.50 Å². The second-order valence-electron chi connectivity index (χ2n) is 4.12. The average Bonchev–Trinajstić information content (AvgIpc) is 2.46. The van der Waals surface area contributed by atoms with E-state index in [-0.39, 0.29) is 0 Å². The van der Waals surface area contributed by atoms with E-state index in [1.807, 2.05) is 60.7 Å². The van der Waals surface area contributed by atoms with Crippen LogP contribution in [-0.2, 0) is 22.3 Å². The topological polar surface area (TPSA) is 68.3 Å². The first-order valence-electron chi connectivity index (χ1n) is 5.95. The van der Waals surface area contributed by atoms with Crippen molar-refractivity contribution >= 4 is 7.66 Å². The van der Waals surface area contributed by atoms with Crippen LogP contribution in [0.2, 0.25) is 0 Å². The van der Waals surface area contributed by atoms with E-state index < -0.39 is 7.66 Å². The first-order valence-corrected chi connectivity index (χ1v) is 7.65. The Morgan fingerprint density at radius 1 is 0.789 bits per heavy atom. The third-order valence-corrected chi connectivity index (χ3v) is 3.56. The fourth-order valence-corrected chi connectivity index (χ4v) is 2.28. The molecule has 2 aromatic carbocycles. The molecule has 0 saturated carbocycles. The molecule has 0 unspecified atom stereocenters. The number of hydrogen-bond acceptors (Lipinski definition) is 3. The molecule has 0 heterocycles. The van der Waals surface area contributed by atoms with Gasteiger partial charge in [-0.2, -0.15) is 0 Å². The van der Waals surface area contributed by atoms with Crippen LogP contribution >= 0.6 is 7.66 Å². The molecule has 0 saturated heterocycles. The van der Waals surface area contributed by atoms with Crippen LogP contribution in [0.15, 0.2) is 60.7 Å². The highest BCUT2D eigenvalue weighted by molar-refractivity contribution is 7.52. The first kappa shape index (κ1) is 14.0. The number of benzene rings is 2. The van der Waals surface area contributed by atoms with Crippen molar-refractivity contribution in [3.8, 4) is 0 Å². The van der Waals surface area contributed by atoms with Crippen molar-refractivity contribution < 1.29 is 9.05 Å². The Kier molecular flexibility index (Phi) is 4.88. The Labute approximate surface area is 113 Å². The molecule has 0 aliphatic heterocycles. The van der Waals surface area contributed by atoms with Gasteiger partial charge in [0.2, 0.25) is 0 Å². The maximum atomic E-state index is 7.87. The Balaban J connectivity index is 1.84. The monoisotopic (exact) mass is 276 g/mol. The Morgan fingerprint density at radius 2 is 1.16 bits per heavy atom. The molecule has 0 spiro atoms. The number of hydrogen-bond donors (Lipinski definition) is 2. The zero-order chi connectivity index (χ0) is 13.6. The molecule has 0 radical (unpaired) electrons. The predicted octanol–water partition coefficient (Wildman–Crippen LogP) is 3.90. The lowest BCUT2D eigenvalue weighted by atomic mass is 10.2. The summed E-state index contributed by atoms with van der Waals surface area (Å²) in [4.78, 5) is 0. The van der Waals surface area contributed by atoms with Crippen LogP contribution in [0.5, 0.6) is 0 Å². The van der Waals surface area contributed by atoms with Crippen molar-refractivity contribution in [2.24, 2.45) is 5.50 Å². The van der Waals surface area contributed by atoms with E-state index in [0.29, 0.717) is 13.2 Å². The van der Waals surface area contributed by atoms with Gasteiger partial charge in [-0.3, -0.25) is 10.7 Å². The molecule has 4 nitrogen and oxygen atoms in total. The molecule has 3 N–H and O–H groups in total.